The molecule has 0 heterocycles. The summed E-state index contributed by atoms with van der Waals surface area (Å²) in [7, 11) is 1.38. The van der Waals surface area contributed by atoms with Gasteiger partial charge in [-0.05, 0) is 26.3 Å². The van der Waals surface area contributed by atoms with Crippen molar-refractivity contribution >= 4 is 5.97 Å². The summed E-state index contributed by atoms with van der Waals surface area (Å²) in [6.07, 6.45) is 0. The summed E-state index contributed by atoms with van der Waals surface area (Å²) in [5.41, 5.74) is -0.231. The Morgan fingerprint density at radius 3 is 2.32 bits per heavy atom. The van der Waals surface area contributed by atoms with Gasteiger partial charge in [-0.3, -0.25) is 4.79 Å². The molecule has 1 atom stereocenters. The molecule has 4 heteroatoms. The second-order valence-electron chi connectivity index (χ2n) is 5.59. The van der Waals surface area contributed by atoms with Gasteiger partial charge in [0.2, 0.25) is 0 Å². The zero-order valence-electron chi connectivity index (χ0n) is 12.1. The molecule has 1 aromatic rings. The second-order valence-corrected chi connectivity index (χ2v) is 5.59. The van der Waals surface area contributed by atoms with Crippen LogP contribution in [-0.2, 0) is 15.1 Å². The summed E-state index contributed by atoms with van der Waals surface area (Å²) in [5.74, 6) is -0.270. The first kappa shape index (κ1) is 15.7. The summed E-state index contributed by atoms with van der Waals surface area (Å²) in [6.45, 7) is 5.92. The van der Waals surface area contributed by atoms with E-state index in [0.29, 0.717) is 6.54 Å². The SMILES string of the molecule is COC(=O)C(C)(C)CNC(C)(CO)c1ccccc1. The molecule has 0 fully saturated rings. The van der Waals surface area contributed by atoms with Crippen LogP contribution in [-0.4, -0.2) is 31.3 Å². The van der Waals surface area contributed by atoms with E-state index in [0.717, 1.165) is 5.56 Å². The minimum atomic E-state index is -0.639. The number of carbonyl (C=O) groups is 1. The van der Waals surface area contributed by atoms with Gasteiger partial charge in [0.15, 0.2) is 0 Å². The molecule has 0 saturated carbocycles. The molecular formula is C15H23NO3. The normalized spacial score (nSPS) is 14.8. The Morgan fingerprint density at radius 2 is 1.84 bits per heavy atom. The molecule has 0 aromatic heterocycles. The van der Waals surface area contributed by atoms with Crippen molar-refractivity contribution in [1.29, 1.82) is 0 Å². The third-order valence-corrected chi connectivity index (χ3v) is 3.39. The highest BCUT2D eigenvalue weighted by Gasteiger charge is 2.33. The van der Waals surface area contributed by atoms with E-state index in [1.54, 1.807) is 0 Å². The van der Waals surface area contributed by atoms with Gasteiger partial charge in [0, 0.05) is 6.54 Å². The fourth-order valence-corrected chi connectivity index (χ4v) is 1.82. The zero-order valence-corrected chi connectivity index (χ0v) is 12.1. The van der Waals surface area contributed by atoms with Crippen LogP contribution in [0.4, 0.5) is 0 Å². The average molecular weight is 265 g/mol. The summed E-state index contributed by atoms with van der Waals surface area (Å²) in [5, 5.41) is 12.9. The third-order valence-electron chi connectivity index (χ3n) is 3.39. The molecule has 0 aliphatic carbocycles. The van der Waals surface area contributed by atoms with Crippen molar-refractivity contribution in [3.05, 3.63) is 35.9 Å². The van der Waals surface area contributed by atoms with Crippen LogP contribution in [0.15, 0.2) is 30.3 Å². The number of esters is 1. The van der Waals surface area contributed by atoms with Crippen LogP contribution in [0.3, 0.4) is 0 Å². The van der Waals surface area contributed by atoms with E-state index in [1.165, 1.54) is 7.11 Å². The molecule has 1 aromatic carbocycles. The van der Waals surface area contributed by atoms with Crippen molar-refractivity contribution in [3.63, 3.8) is 0 Å². The fraction of sp³-hybridized carbons (Fsp3) is 0.533. The minimum Gasteiger partial charge on any atom is -0.469 e. The largest absolute Gasteiger partial charge is 0.469 e. The Labute approximate surface area is 114 Å². The van der Waals surface area contributed by atoms with E-state index in [-0.39, 0.29) is 12.6 Å². The van der Waals surface area contributed by atoms with Crippen LogP contribution < -0.4 is 5.32 Å². The van der Waals surface area contributed by atoms with Crippen LogP contribution in [0.1, 0.15) is 26.3 Å². The molecule has 0 radical (unpaired) electrons. The van der Waals surface area contributed by atoms with Crippen molar-refractivity contribution in [2.75, 3.05) is 20.3 Å². The molecule has 0 bridgehead atoms. The lowest BCUT2D eigenvalue weighted by atomic mass is 9.88. The van der Waals surface area contributed by atoms with Crippen LogP contribution in [0.5, 0.6) is 0 Å². The average Bonchev–Trinajstić information content (AvgIpc) is 2.44. The van der Waals surface area contributed by atoms with Gasteiger partial charge in [-0.15, -0.1) is 0 Å². The number of methoxy groups -OCH3 is 1. The number of aliphatic hydroxyl groups excluding tert-OH is 1. The summed E-state index contributed by atoms with van der Waals surface area (Å²) in [4.78, 5) is 11.7. The lowest BCUT2D eigenvalue weighted by molar-refractivity contribution is -0.150. The topological polar surface area (TPSA) is 58.6 Å². The fourth-order valence-electron chi connectivity index (χ4n) is 1.82. The highest BCUT2D eigenvalue weighted by atomic mass is 16.5. The summed E-state index contributed by atoms with van der Waals surface area (Å²) in [6, 6.07) is 9.69. The van der Waals surface area contributed by atoms with E-state index >= 15 is 0 Å². The first-order valence-electron chi connectivity index (χ1n) is 6.35. The van der Waals surface area contributed by atoms with E-state index in [9.17, 15) is 9.90 Å². The lowest BCUT2D eigenvalue weighted by Gasteiger charge is -2.33. The van der Waals surface area contributed by atoms with E-state index in [1.807, 2.05) is 51.1 Å². The van der Waals surface area contributed by atoms with E-state index in [4.69, 9.17) is 4.74 Å². The molecule has 1 unspecified atom stereocenters. The Bertz CT molecular complexity index is 417. The Morgan fingerprint density at radius 1 is 1.26 bits per heavy atom. The smallest absolute Gasteiger partial charge is 0.312 e. The Hall–Kier alpha value is -1.39. The second kappa shape index (κ2) is 6.17. The molecule has 0 aliphatic rings. The Balaban J connectivity index is 2.81. The van der Waals surface area contributed by atoms with Crippen LogP contribution in [0.2, 0.25) is 0 Å². The highest BCUT2D eigenvalue weighted by Crippen LogP contribution is 2.23. The maximum Gasteiger partial charge on any atom is 0.312 e. The maximum atomic E-state index is 11.7. The van der Waals surface area contributed by atoms with Gasteiger partial charge in [0.1, 0.15) is 0 Å². The Kier molecular flexibility index (Phi) is 5.09. The molecule has 0 saturated heterocycles. The van der Waals surface area contributed by atoms with Gasteiger partial charge >= 0.3 is 5.97 Å². The molecule has 4 nitrogen and oxygen atoms in total. The first-order chi connectivity index (χ1) is 8.85. The van der Waals surface area contributed by atoms with Gasteiger partial charge in [0.25, 0.3) is 0 Å². The number of hydrogen-bond acceptors (Lipinski definition) is 4. The molecule has 0 amide bonds. The minimum absolute atomic E-state index is 0.0474. The standard InChI is InChI=1S/C15H23NO3/c1-14(2,13(18)19-4)10-16-15(3,11-17)12-8-6-5-7-9-12/h5-9,16-17H,10-11H2,1-4H3. The predicted molar refractivity (Wildman–Crippen MR) is 74.7 cm³/mol. The van der Waals surface area contributed by atoms with Crippen molar-refractivity contribution in [1.82, 2.24) is 5.32 Å². The maximum absolute atomic E-state index is 11.7. The molecule has 19 heavy (non-hydrogen) atoms. The monoisotopic (exact) mass is 265 g/mol. The molecule has 0 spiro atoms. The molecular weight excluding hydrogens is 242 g/mol. The zero-order chi connectivity index (χ0) is 14.5. The van der Waals surface area contributed by atoms with Crippen molar-refractivity contribution < 1.29 is 14.6 Å². The predicted octanol–water partition coefficient (Wildman–Crippen LogP) is 1.68. The van der Waals surface area contributed by atoms with E-state index in [2.05, 4.69) is 5.32 Å². The van der Waals surface area contributed by atoms with Crippen molar-refractivity contribution in [2.45, 2.75) is 26.3 Å². The number of benzene rings is 1. The number of ether oxygens (including phenoxy) is 1. The van der Waals surface area contributed by atoms with Gasteiger partial charge in [-0.25, -0.2) is 0 Å². The quantitative estimate of drug-likeness (QED) is 0.768. The van der Waals surface area contributed by atoms with Crippen LogP contribution in [0, 0.1) is 5.41 Å². The number of hydrogen-bond donors (Lipinski definition) is 2. The third kappa shape index (κ3) is 3.78. The number of rotatable bonds is 6. The van der Waals surface area contributed by atoms with Crippen molar-refractivity contribution in [2.24, 2.45) is 5.41 Å². The molecule has 1 rings (SSSR count). The number of nitrogens with one attached hydrogen (secondary N) is 1. The highest BCUT2D eigenvalue weighted by molar-refractivity contribution is 5.76. The first-order valence-corrected chi connectivity index (χ1v) is 6.35. The number of aliphatic hydroxyl groups is 1. The van der Waals surface area contributed by atoms with Gasteiger partial charge in [-0.1, -0.05) is 30.3 Å². The summed E-state index contributed by atoms with van der Waals surface area (Å²) >= 11 is 0. The van der Waals surface area contributed by atoms with E-state index < -0.39 is 11.0 Å². The van der Waals surface area contributed by atoms with Gasteiger partial charge < -0.3 is 15.2 Å². The lowest BCUT2D eigenvalue weighted by Crippen LogP contribution is -2.48. The molecule has 0 aliphatic heterocycles. The summed E-state index contributed by atoms with van der Waals surface area (Å²) < 4.78 is 4.78. The van der Waals surface area contributed by atoms with Crippen molar-refractivity contribution in [3.8, 4) is 0 Å². The van der Waals surface area contributed by atoms with Gasteiger partial charge in [0.05, 0.1) is 24.7 Å². The van der Waals surface area contributed by atoms with Gasteiger partial charge in [-0.2, -0.15) is 0 Å². The molecule has 2 N–H and O–H groups in total. The molecule has 106 valence electrons. The number of carbonyl (C=O) groups excluding carboxylic acids is 1. The van der Waals surface area contributed by atoms with Crippen LogP contribution in [0.25, 0.3) is 0 Å². The van der Waals surface area contributed by atoms with Crippen LogP contribution >= 0.6 is 0 Å².